The molecule has 2 heterocycles. The number of fused-ring (bicyclic) bond motifs is 3. The Hall–Kier alpha value is -3.17. The summed E-state index contributed by atoms with van der Waals surface area (Å²) in [7, 11) is -4.83. The predicted octanol–water partition coefficient (Wildman–Crippen LogP) is 3.19. The highest BCUT2D eigenvalue weighted by Gasteiger charge is 2.22. The number of pyridine rings is 1. The third-order valence-corrected chi connectivity index (χ3v) is 5.90. The Morgan fingerprint density at radius 1 is 1.18 bits per heavy atom. The van der Waals surface area contributed by atoms with Gasteiger partial charge in [0.2, 0.25) is 0 Å². The van der Waals surface area contributed by atoms with Crippen molar-refractivity contribution in [3.8, 4) is 11.5 Å². The van der Waals surface area contributed by atoms with Crippen molar-refractivity contribution in [2.45, 2.75) is 39.3 Å². The molecule has 2 aromatic heterocycles. The van der Waals surface area contributed by atoms with E-state index in [1.54, 1.807) is 12.1 Å². The summed E-state index contributed by atoms with van der Waals surface area (Å²) < 4.78 is 17.9. The smallest absolute Gasteiger partial charge is 0.504 e. The highest BCUT2D eigenvalue weighted by Crippen LogP contribution is 2.43. The molecule has 0 bridgehead atoms. The zero-order valence-corrected chi connectivity index (χ0v) is 19.0. The van der Waals surface area contributed by atoms with Gasteiger partial charge in [-0.05, 0) is 30.2 Å². The molecule has 0 saturated heterocycles. The maximum Gasteiger partial charge on any atom is 0.524 e. The first kappa shape index (κ1) is 23.0. The number of nitrogens with two attached hydrogens (primary N) is 2. The van der Waals surface area contributed by atoms with Gasteiger partial charge >= 0.3 is 7.82 Å². The second kappa shape index (κ2) is 8.99. The van der Waals surface area contributed by atoms with Crippen LogP contribution in [0.25, 0.3) is 21.9 Å². The Morgan fingerprint density at radius 3 is 2.67 bits per heavy atom. The topological polar surface area (TPSA) is 170 Å². The number of unbranched alkanes of at least 4 members (excludes halogenated alkanes) is 1. The quantitative estimate of drug-likeness (QED) is 0.242. The van der Waals surface area contributed by atoms with E-state index in [2.05, 4.69) is 16.4 Å². The van der Waals surface area contributed by atoms with Gasteiger partial charge in [0.05, 0.1) is 17.6 Å². The first-order chi connectivity index (χ1) is 15.7. The van der Waals surface area contributed by atoms with Gasteiger partial charge in [-0.25, -0.2) is 14.5 Å². The molecule has 174 valence electrons. The van der Waals surface area contributed by atoms with Gasteiger partial charge in [-0.2, -0.15) is 0 Å². The van der Waals surface area contributed by atoms with E-state index in [0.717, 1.165) is 35.1 Å². The van der Waals surface area contributed by atoms with Crippen LogP contribution in [0.3, 0.4) is 0 Å². The maximum atomic E-state index is 11.3. The van der Waals surface area contributed by atoms with Crippen LogP contribution in [0.1, 0.15) is 36.7 Å². The SMILES string of the molecule is CCCCc1nc2c(N)nc3ccc(CN)cc3c2n1Cc1cccc(OP(=O)(O)O)c1O. The molecule has 33 heavy (non-hydrogen) atoms. The normalized spacial score (nSPS) is 12.0. The number of hydrogen-bond acceptors (Lipinski definition) is 7. The van der Waals surface area contributed by atoms with Gasteiger partial charge in [0, 0.05) is 23.9 Å². The molecule has 0 spiro atoms. The van der Waals surface area contributed by atoms with Crippen LogP contribution in [-0.2, 0) is 24.1 Å². The minimum atomic E-state index is -4.83. The van der Waals surface area contributed by atoms with Crippen molar-refractivity contribution < 1.29 is 24.0 Å². The second-order valence-electron chi connectivity index (χ2n) is 7.81. The highest BCUT2D eigenvalue weighted by molar-refractivity contribution is 7.46. The van der Waals surface area contributed by atoms with Gasteiger partial charge in [0.1, 0.15) is 11.3 Å². The van der Waals surface area contributed by atoms with Crippen LogP contribution in [0.2, 0.25) is 0 Å². The Kier molecular flexibility index (Phi) is 6.27. The van der Waals surface area contributed by atoms with Gasteiger partial charge < -0.3 is 25.7 Å². The molecule has 2 aromatic carbocycles. The molecule has 0 saturated carbocycles. The molecule has 7 N–H and O–H groups in total. The zero-order chi connectivity index (χ0) is 23.8. The number of phosphoric acid groups is 1. The number of hydrogen-bond donors (Lipinski definition) is 5. The van der Waals surface area contributed by atoms with Gasteiger partial charge in [-0.3, -0.25) is 9.79 Å². The Labute approximate surface area is 190 Å². The van der Waals surface area contributed by atoms with Crippen molar-refractivity contribution in [1.82, 2.24) is 14.5 Å². The first-order valence-corrected chi connectivity index (χ1v) is 12.1. The molecule has 0 amide bonds. The molecule has 0 fully saturated rings. The number of aromatic nitrogens is 3. The zero-order valence-electron chi connectivity index (χ0n) is 18.1. The summed E-state index contributed by atoms with van der Waals surface area (Å²) in [5.41, 5.74) is 15.5. The number of phosphoric ester groups is 1. The van der Waals surface area contributed by atoms with E-state index in [9.17, 15) is 9.67 Å². The number of anilines is 1. The lowest BCUT2D eigenvalue weighted by Gasteiger charge is -2.15. The largest absolute Gasteiger partial charge is 0.524 e. The molecule has 4 aromatic rings. The molecule has 11 heteroatoms. The summed E-state index contributed by atoms with van der Waals surface area (Å²) in [5, 5.41) is 11.5. The van der Waals surface area contributed by atoms with Crippen molar-refractivity contribution in [3.63, 3.8) is 0 Å². The van der Waals surface area contributed by atoms with Gasteiger partial charge in [0.15, 0.2) is 17.3 Å². The summed E-state index contributed by atoms with van der Waals surface area (Å²) in [6.45, 7) is 2.63. The monoisotopic (exact) mass is 471 g/mol. The van der Waals surface area contributed by atoms with Crippen LogP contribution in [0.4, 0.5) is 5.82 Å². The molecule has 0 radical (unpaired) electrons. The molecular formula is C22H26N5O5P. The molecular weight excluding hydrogens is 445 g/mol. The lowest BCUT2D eigenvalue weighted by molar-refractivity contribution is 0.277. The lowest BCUT2D eigenvalue weighted by Crippen LogP contribution is -2.07. The van der Waals surface area contributed by atoms with Gasteiger partial charge in [-0.15, -0.1) is 0 Å². The van der Waals surface area contributed by atoms with Crippen LogP contribution in [-0.4, -0.2) is 29.4 Å². The van der Waals surface area contributed by atoms with Crippen molar-refractivity contribution in [2.75, 3.05) is 5.73 Å². The third kappa shape index (κ3) is 4.65. The standard InChI is InChI=1S/C22H26N5O5P/c1-2-3-7-18-26-19-20(15-10-13(11-23)8-9-16(15)25-22(19)24)27(18)12-14-5-4-6-17(21(14)28)32-33(29,30)31/h4-6,8-10,28H,2-3,7,11-12,23H2,1H3,(H2,24,25)(H2,29,30,31). The number of phenolic OH excluding ortho intramolecular Hbond substituents is 1. The number of nitrogens with zero attached hydrogens (tertiary/aromatic N) is 3. The third-order valence-electron chi connectivity index (χ3n) is 5.46. The number of nitrogen functional groups attached to an aromatic ring is 1. The minimum absolute atomic E-state index is 0.186. The van der Waals surface area contributed by atoms with E-state index in [0.29, 0.717) is 35.4 Å². The van der Waals surface area contributed by atoms with Gasteiger partial charge in [-0.1, -0.05) is 31.5 Å². The van der Waals surface area contributed by atoms with E-state index in [-0.39, 0.29) is 18.0 Å². The minimum Gasteiger partial charge on any atom is -0.504 e. The Bertz CT molecular complexity index is 1380. The maximum absolute atomic E-state index is 11.3. The van der Waals surface area contributed by atoms with Crippen LogP contribution >= 0.6 is 7.82 Å². The summed E-state index contributed by atoms with van der Waals surface area (Å²) in [6.07, 6.45) is 2.55. The molecule has 4 rings (SSSR count). The van der Waals surface area contributed by atoms with E-state index in [1.807, 2.05) is 22.8 Å². The fourth-order valence-electron chi connectivity index (χ4n) is 3.89. The predicted molar refractivity (Wildman–Crippen MR) is 126 cm³/mol. The number of phenols is 1. The van der Waals surface area contributed by atoms with Crippen molar-refractivity contribution in [3.05, 3.63) is 53.3 Å². The van der Waals surface area contributed by atoms with E-state index in [1.165, 1.54) is 6.07 Å². The number of aromatic hydroxyl groups is 1. The van der Waals surface area contributed by atoms with Crippen LogP contribution in [0.5, 0.6) is 11.5 Å². The number of aryl methyl sites for hydroxylation is 1. The fraction of sp³-hybridized carbons (Fsp3) is 0.273. The molecule has 0 aliphatic heterocycles. The molecule has 0 aliphatic rings. The summed E-state index contributed by atoms with van der Waals surface area (Å²) in [4.78, 5) is 27.6. The second-order valence-corrected chi connectivity index (χ2v) is 8.98. The van der Waals surface area contributed by atoms with Crippen molar-refractivity contribution in [1.29, 1.82) is 0 Å². The number of imidazole rings is 1. The van der Waals surface area contributed by atoms with Gasteiger partial charge in [0.25, 0.3) is 0 Å². The van der Waals surface area contributed by atoms with Crippen molar-refractivity contribution in [2.24, 2.45) is 5.73 Å². The van der Waals surface area contributed by atoms with Crippen LogP contribution in [0.15, 0.2) is 36.4 Å². The summed E-state index contributed by atoms with van der Waals surface area (Å²) in [5.74, 6) is 0.430. The van der Waals surface area contributed by atoms with E-state index < -0.39 is 7.82 Å². The average Bonchev–Trinajstić information content (AvgIpc) is 3.13. The summed E-state index contributed by atoms with van der Waals surface area (Å²) in [6, 6.07) is 10.2. The Morgan fingerprint density at radius 2 is 1.97 bits per heavy atom. The first-order valence-electron chi connectivity index (χ1n) is 10.5. The van der Waals surface area contributed by atoms with E-state index in [4.69, 9.17) is 26.2 Å². The Balaban J connectivity index is 1.94. The highest BCUT2D eigenvalue weighted by atomic mass is 31.2. The lowest BCUT2D eigenvalue weighted by atomic mass is 10.1. The number of benzene rings is 2. The summed E-state index contributed by atoms with van der Waals surface area (Å²) >= 11 is 0. The number of rotatable bonds is 8. The molecule has 0 aliphatic carbocycles. The van der Waals surface area contributed by atoms with Crippen LogP contribution < -0.4 is 16.0 Å². The fourth-order valence-corrected chi connectivity index (χ4v) is 4.30. The molecule has 10 nitrogen and oxygen atoms in total. The van der Waals surface area contributed by atoms with Crippen molar-refractivity contribution >= 4 is 35.6 Å². The van der Waals surface area contributed by atoms with E-state index >= 15 is 0 Å². The molecule has 0 unspecified atom stereocenters. The molecule has 0 atom stereocenters. The average molecular weight is 471 g/mol. The number of para-hydroxylation sites is 1. The van der Waals surface area contributed by atoms with Crippen LogP contribution in [0, 0.1) is 0 Å².